The van der Waals surface area contributed by atoms with Crippen molar-refractivity contribution in [3.05, 3.63) is 36.0 Å². The van der Waals surface area contributed by atoms with Gasteiger partial charge in [0, 0.05) is 11.5 Å². The molecule has 3 rings (SSSR count). The Bertz CT molecular complexity index is 591. The molecule has 20 heavy (non-hydrogen) atoms. The highest BCUT2D eigenvalue weighted by Crippen LogP contribution is 2.31. The van der Waals surface area contributed by atoms with Gasteiger partial charge in [-0.15, -0.1) is 11.6 Å². The van der Waals surface area contributed by atoms with Gasteiger partial charge in [-0.25, -0.2) is 0 Å². The Balaban J connectivity index is 1.89. The number of ether oxygens (including phenoxy) is 1. The molecule has 1 heterocycles. The Kier molecular flexibility index (Phi) is 4.11. The number of nitrogens with zero attached hydrogens (tertiary/aromatic N) is 1. The zero-order valence-electron chi connectivity index (χ0n) is 11.8. The number of hydrogen-bond donors (Lipinski definition) is 0. The van der Waals surface area contributed by atoms with Gasteiger partial charge in [-0.3, -0.25) is 4.98 Å². The monoisotopic (exact) mass is 289 g/mol. The molecule has 2 nitrogen and oxygen atoms in total. The highest BCUT2D eigenvalue weighted by atomic mass is 35.5. The third kappa shape index (κ3) is 2.90. The van der Waals surface area contributed by atoms with Crippen molar-refractivity contribution in [2.45, 2.75) is 44.6 Å². The van der Waals surface area contributed by atoms with Crippen molar-refractivity contribution >= 4 is 22.5 Å². The van der Waals surface area contributed by atoms with Crippen LogP contribution in [-0.4, -0.2) is 11.1 Å². The van der Waals surface area contributed by atoms with Crippen LogP contribution in [0.1, 0.15) is 38.3 Å². The topological polar surface area (TPSA) is 22.1 Å². The molecule has 1 aliphatic rings. The molecule has 1 aliphatic carbocycles. The lowest BCUT2D eigenvalue weighted by atomic mass is 9.89. The summed E-state index contributed by atoms with van der Waals surface area (Å²) in [6, 6.07) is 10.1. The number of hydrogen-bond acceptors (Lipinski definition) is 2. The van der Waals surface area contributed by atoms with Crippen molar-refractivity contribution in [1.29, 1.82) is 0 Å². The maximum absolute atomic E-state index is 6.26. The second-order valence-electron chi connectivity index (χ2n) is 5.76. The number of alkyl halides is 1. The van der Waals surface area contributed by atoms with E-state index in [9.17, 15) is 0 Å². The first kappa shape index (κ1) is 13.7. The Morgan fingerprint density at radius 2 is 1.95 bits per heavy atom. The van der Waals surface area contributed by atoms with E-state index < -0.39 is 0 Å². The van der Waals surface area contributed by atoms with Crippen molar-refractivity contribution in [3.63, 3.8) is 0 Å². The number of halogens is 1. The van der Waals surface area contributed by atoms with E-state index in [1.165, 1.54) is 12.8 Å². The maximum Gasteiger partial charge on any atom is 0.130 e. The van der Waals surface area contributed by atoms with Gasteiger partial charge < -0.3 is 4.74 Å². The van der Waals surface area contributed by atoms with Crippen LogP contribution >= 0.6 is 11.6 Å². The molecule has 0 bridgehead atoms. The fraction of sp³-hybridized carbons (Fsp3) is 0.471. The summed E-state index contributed by atoms with van der Waals surface area (Å²) in [4.78, 5) is 4.55. The summed E-state index contributed by atoms with van der Waals surface area (Å²) >= 11 is 5.94. The first-order valence-corrected chi connectivity index (χ1v) is 7.91. The molecule has 0 atom stereocenters. The van der Waals surface area contributed by atoms with Gasteiger partial charge in [0.15, 0.2) is 0 Å². The fourth-order valence-corrected chi connectivity index (χ4v) is 3.03. The first-order chi connectivity index (χ1) is 9.76. The summed E-state index contributed by atoms with van der Waals surface area (Å²) < 4.78 is 6.26. The molecule has 0 amide bonds. The van der Waals surface area contributed by atoms with Gasteiger partial charge in [0.05, 0.1) is 23.2 Å². The number of rotatable bonds is 3. The highest BCUT2D eigenvalue weighted by molar-refractivity contribution is 6.17. The zero-order chi connectivity index (χ0) is 13.9. The molecule has 0 unspecified atom stereocenters. The van der Waals surface area contributed by atoms with Crippen LogP contribution in [0.2, 0.25) is 0 Å². The Labute approximate surface area is 125 Å². The van der Waals surface area contributed by atoms with Crippen molar-refractivity contribution in [2.75, 3.05) is 0 Å². The summed E-state index contributed by atoms with van der Waals surface area (Å²) in [6.45, 7) is 2.32. The van der Waals surface area contributed by atoms with Crippen LogP contribution < -0.4 is 4.74 Å². The quantitative estimate of drug-likeness (QED) is 0.747. The minimum atomic E-state index is 0.334. The molecule has 2 aromatic rings. The number of pyridine rings is 1. The fourth-order valence-electron chi connectivity index (χ4n) is 2.89. The zero-order valence-corrected chi connectivity index (χ0v) is 12.6. The SMILES string of the molecule is CC1CCC(Oc2cc(CCl)nc3ccccc23)CC1. The van der Waals surface area contributed by atoms with Crippen LogP contribution in [0.15, 0.2) is 30.3 Å². The predicted octanol–water partition coefficient (Wildman–Crippen LogP) is 4.93. The largest absolute Gasteiger partial charge is 0.490 e. The lowest BCUT2D eigenvalue weighted by Gasteiger charge is -2.27. The molecule has 1 aromatic carbocycles. The highest BCUT2D eigenvalue weighted by Gasteiger charge is 2.20. The number of fused-ring (bicyclic) bond motifs is 1. The molecule has 0 N–H and O–H groups in total. The van der Waals surface area contributed by atoms with Crippen LogP contribution in [0.3, 0.4) is 0 Å². The Morgan fingerprint density at radius 1 is 1.20 bits per heavy atom. The third-order valence-electron chi connectivity index (χ3n) is 4.12. The standard InChI is InChI=1S/C17H20ClNO/c1-12-6-8-14(9-7-12)20-17-10-13(11-18)19-16-5-3-2-4-15(16)17/h2-5,10,12,14H,6-9,11H2,1H3. The van der Waals surface area contributed by atoms with Crippen LogP contribution in [0, 0.1) is 5.92 Å². The van der Waals surface area contributed by atoms with E-state index in [4.69, 9.17) is 16.3 Å². The average molecular weight is 290 g/mol. The van der Waals surface area contributed by atoms with Gasteiger partial charge >= 0.3 is 0 Å². The van der Waals surface area contributed by atoms with E-state index in [-0.39, 0.29) is 0 Å². The van der Waals surface area contributed by atoms with E-state index in [2.05, 4.69) is 18.0 Å². The minimum absolute atomic E-state index is 0.334. The third-order valence-corrected chi connectivity index (χ3v) is 4.40. The molecule has 0 radical (unpaired) electrons. The molecule has 1 fully saturated rings. The second-order valence-corrected chi connectivity index (χ2v) is 6.03. The lowest BCUT2D eigenvalue weighted by molar-refractivity contribution is 0.137. The van der Waals surface area contributed by atoms with E-state index in [0.717, 1.165) is 41.1 Å². The summed E-state index contributed by atoms with van der Waals surface area (Å²) in [5.41, 5.74) is 1.84. The summed E-state index contributed by atoms with van der Waals surface area (Å²) in [5.74, 6) is 2.19. The predicted molar refractivity (Wildman–Crippen MR) is 83.3 cm³/mol. The molecule has 0 spiro atoms. The molecule has 3 heteroatoms. The van der Waals surface area contributed by atoms with E-state index in [1.807, 2.05) is 24.3 Å². The Hall–Kier alpha value is -1.28. The normalized spacial score (nSPS) is 22.9. The van der Waals surface area contributed by atoms with Crippen molar-refractivity contribution in [2.24, 2.45) is 5.92 Å². The molecule has 1 aromatic heterocycles. The van der Waals surface area contributed by atoms with E-state index >= 15 is 0 Å². The summed E-state index contributed by atoms with van der Waals surface area (Å²) in [6.07, 6.45) is 5.15. The lowest BCUT2D eigenvalue weighted by Crippen LogP contribution is -2.23. The number of para-hydroxylation sites is 1. The van der Waals surface area contributed by atoms with Crippen LogP contribution in [0.4, 0.5) is 0 Å². The van der Waals surface area contributed by atoms with Gasteiger partial charge in [-0.05, 0) is 43.7 Å². The molecular weight excluding hydrogens is 270 g/mol. The van der Waals surface area contributed by atoms with Gasteiger partial charge in [0.1, 0.15) is 5.75 Å². The maximum atomic E-state index is 6.26. The van der Waals surface area contributed by atoms with Crippen LogP contribution in [0.5, 0.6) is 5.75 Å². The van der Waals surface area contributed by atoms with Crippen molar-refractivity contribution < 1.29 is 4.74 Å². The summed E-state index contributed by atoms with van der Waals surface area (Å²) in [5, 5.41) is 1.08. The van der Waals surface area contributed by atoms with Gasteiger partial charge in [-0.2, -0.15) is 0 Å². The average Bonchev–Trinajstić information content (AvgIpc) is 2.49. The second kappa shape index (κ2) is 6.01. The minimum Gasteiger partial charge on any atom is -0.490 e. The van der Waals surface area contributed by atoms with E-state index in [0.29, 0.717) is 12.0 Å². The molecule has 106 valence electrons. The van der Waals surface area contributed by atoms with Crippen molar-refractivity contribution in [3.8, 4) is 5.75 Å². The smallest absolute Gasteiger partial charge is 0.130 e. The number of benzene rings is 1. The van der Waals surface area contributed by atoms with E-state index in [1.54, 1.807) is 0 Å². The Morgan fingerprint density at radius 3 is 2.70 bits per heavy atom. The molecule has 0 saturated heterocycles. The molecule has 1 saturated carbocycles. The first-order valence-electron chi connectivity index (χ1n) is 7.37. The van der Waals surface area contributed by atoms with Crippen LogP contribution in [0.25, 0.3) is 10.9 Å². The van der Waals surface area contributed by atoms with Gasteiger partial charge in [0.25, 0.3) is 0 Å². The van der Waals surface area contributed by atoms with Crippen LogP contribution in [-0.2, 0) is 5.88 Å². The summed E-state index contributed by atoms with van der Waals surface area (Å²) in [7, 11) is 0. The number of aromatic nitrogens is 1. The van der Waals surface area contributed by atoms with Gasteiger partial charge in [0.2, 0.25) is 0 Å². The van der Waals surface area contributed by atoms with Gasteiger partial charge in [-0.1, -0.05) is 19.1 Å². The molecular formula is C17H20ClNO. The molecule has 0 aliphatic heterocycles. The van der Waals surface area contributed by atoms with Crippen molar-refractivity contribution in [1.82, 2.24) is 4.98 Å².